The van der Waals surface area contributed by atoms with Gasteiger partial charge >= 0.3 is 0 Å². The molecule has 3 aromatic rings. The fraction of sp³-hybridized carbons (Fsp3) is 0. The van der Waals surface area contributed by atoms with Crippen LogP contribution in [0.3, 0.4) is 0 Å². The maximum absolute atomic E-state index is 13.6. The van der Waals surface area contributed by atoms with E-state index in [1.165, 1.54) is 29.5 Å². The van der Waals surface area contributed by atoms with Crippen molar-refractivity contribution in [2.75, 3.05) is 5.32 Å². The molecule has 116 valence electrons. The van der Waals surface area contributed by atoms with Crippen molar-refractivity contribution in [2.24, 2.45) is 0 Å². The number of carbonyl (C=O) groups is 1. The van der Waals surface area contributed by atoms with Crippen LogP contribution in [-0.2, 0) is 0 Å². The van der Waals surface area contributed by atoms with Crippen molar-refractivity contribution in [3.8, 4) is 11.3 Å². The minimum absolute atomic E-state index is 0.0370. The summed E-state index contributed by atoms with van der Waals surface area (Å²) in [5.74, 6) is -1.14. The molecule has 0 aliphatic heterocycles. The van der Waals surface area contributed by atoms with E-state index in [1.807, 2.05) is 0 Å². The lowest BCUT2D eigenvalue weighted by molar-refractivity contribution is 0.102. The maximum Gasteiger partial charge on any atom is 0.260 e. The molecule has 1 N–H and O–H groups in total. The SMILES string of the molecule is O=C(Nc1nc(-c2cc(Cl)ccc2Cl)cs1)c1ccccc1F. The van der Waals surface area contributed by atoms with Gasteiger partial charge in [-0.3, -0.25) is 10.1 Å². The van der Waals surface area contributed by atoms with E-state index in [2.05, 4.69) is 10.3 Å². The first-order valence-corrected chi connectivity index (χ1v) is 8.15. The Balaban J connectivity index is 1.84. The van der Waals surface area contributed by atoms with Crippen LogP contribution in [-0.4, -0.2) is 10.9 Å². The van der Waals surface area contributed by atoms with Crippen molar-refractivity contribution < 1.29 is 9.18 Å². The Morgan fingerprint density at radius 1 is 1.17 bits per heavy atom. The van der Waals surface area contributed by atoms with Gasteiger partial charge < -0.3 is 0 Å². The summed E-state index contributed by atoms with van der Waals surface area (Å²) in [7, 11) is 0. The molecular formula is C16H9Cl2FN2OS. The van der Waals surface area contributed by atoms with Crippen LogP contribution in [0.2, 0.25) is 10.0 Å². The first kappa shape index (κ1) is 15.9. The molecule has 1 amide bonds. The summed E-state index contributed by atoms with van der Waals surface area (Å²) < 4.78 is 13.6. The largest absolute Gasteiger partial charge is 0.298 e. The zero-order chi connectivity index (χ0) is 16.4. The molecular weight excluding hydrogens is 358 g/mol. The van der Waals surface area contributed by atoms with Gasteiger partial charge in [-0.05, 0) is 30.3 Å². The molecule has 0 unspecified atom stereocenters. The topological polar surface area (TPSA) is 42.0 Å². The Bertz CT molecular complexity index is 882. The van der Waals surface area contributed by atoms with Crippen molar-refractivity contribution in [1.82, 2.24) is 4.98 Å². The zero-order valence-corrected chi connectivity index (χ0v) is 13.8. The summed E-state index contributed by atoms with van der Waals surface area (Å²) in [6, 6.07) is 10.8. The third-order valence-corrected chi connectivity index (χ3v) is 4.37. The van der Waals surface area contributed by atoms with E-state index in [-0.39, 0.29) is 5.56 Å². The molecule has 0 atom stereocenters. The van der Waals surface area contributed by atoms with E-state index in [9.17, 15) is 9.18 Å². The average Bonchev–Trinajstić information content (AvgIpc) is 2.98. The Hall–Kier alpha value is -1.95. The van der Waals surface area contributed by atoms with Crippen molar-refractivity contribution in [2.45, 2.75) is 0 Å². The number of amides is 1. The molecule has 0 aliphatic rings. The number of hydrogen-bond acceptors (Lipinski definition) is 3. The van der Waals surface area contributed by atoms with Gasteiger partial charge in [-0.25, -0.2) is 9.37 Å². The van der Waals surface area contributed by atoms with Gasteiger partial charge in [-0.2, -0.15) is 0 Å². The highest BCUT2D eigenvalue weighted by atomic mass is 35.5. The number of halogens is 3. The first-order valence-electron chi connectivity index (χ1n) is 6.51. The normalized spacial score (nSPS) is 10.6. The van der Waals surface area contributed by atoms with Gasteiger partial charge in [0.15, 0.2) is 5.13 Å². The van der Waals surface area contributed by atoms with Crippen molar-refractivity contribution >= 4 is 45.6 Å². The van der Waals surface area contributed by atoms with E-state index in [0.717, 1.165) is 0 Å². The Morgan fingerprint density at radius 3 is 2.74 bits per heavy atom. The summed E-state index contributed by atoms with van der Waals surface area (Å²) >= 11 is 13.3. The standard InChI is InChI=1S/C16H9Cl2FN2OS/c17-9-5-6-12(18)11(7-9)14-8-23-16(20-14)21-15(22)10-3-1-2-4-13(10)19/h1-8H,(H,20,21,22). The highest BCUT2D eigenvalue weighted by Crippen LogP contribution is 2.32. The molecule has 1 aromatic heterocycles. The Labute approximate surface area is 145 Å². The molecule has 3 rings (SSSR count). The number of rotatable bonds is 3. The van der Waals surface area contributed by atoms with E-state index in [1.54, 1.807) is 29.6 Å². The van der Waals surface area contributed by atoms with Gasteiger partial charge in [0, 0.05) is 16.0 Å². The quantitative estimate of drug-likeness (QED) is 0.663. The monoisotopic (exact) mass is 366 g/mol. The lowest BCUT2D eigenvalue weighted by atomic mass is 10.2. The predicted molar refractivity (Wildman–Crippen MR) is 91.9 cm³/mol. The number of carbonyl (C=O) groups excluding carboxylic acids is 1. The molecule has 0 saturated carbocycles. The summed E-state index contributed by atoms with van der Waals surface area (Å²) in [6.45, 7) is 0. The highest BCUT2D eigenvalue weighted by Gasteiger charge is 2.14. The van der Waals surface area contributed by atoms with Gasteiger partial charge in [-0.1, -0.05) is 35.3 Å². The van der Waals surface area contributed by atoms with Gasteiger partial charge in [-0.15, -0.1) is 11.3 Å². The number of thiazole rings is 1. The van der Waals surface area contributed by atoms with Crippen LogP contribution in [0.1, 0.15) is 10.4 Å². The number of nitrogens with one attached hydrogen (secondary N) is 1. The second-order valence-electron chi connectivity index (χ2n) is 4.60. The molecule has 0 aliphatic carbocycles. The third-order valence-electron chi connectivity index (χ3n) is 3.05. The van der Waals surface area contributed by atoms with Crippen LogP contribution in [0.15, 0.2) is 47.8 Å². The molecule has 1 heterocycles. The van der Waals surface area contributed by atoms with Crippen LogP contribution in [0.4, 0.5) is 9.52 Å². The van der Waals surface area contributed by atoms with Gasteiger partial charge in [0.2, 0.25) is 0 Å². The fourth-order valence-corrected chi connectivity index (χ4v) is 3.05. The van der Waals surface area contributed by atoms with E-state index in [0.29, 0.717) is 26.4 Å². The van der Waals surface area contributed by atoms with E-state index < -0.39 is 11.7 Å². The summed E-state index contributed by atoms with van der Waals surface area (Å²) in [5, 5.41) is 5.71. The summed E-state index contributed by atoms with van der Waals surface area (Å²) in [6.07, 6.45) is 0. The first-order chi connectivity index (χ1) is 11.0. The smallest absolute Gasteiger partial charge is 0.260 e. The Kier molecular flexibility index (Phi) is 4.61. The number of anilines is 1. The molecule has 0 saturated heterocycles. The number of benzene rings is 2. The van der Waals surface area contributed by atoms with Gasteiger partial charge in [0.25, 0.3) is 5.91 Å². The van der Waals surface area contributed by atoms with Gasteiger partial charge in [0.05, 0.1) is 16.3 Å². The predicted octanol–water partition coefficient (Wildman–Crippen LogP) is 5.51. The van der Waals surface area contributed by atoms with Crippen LogP contribution >= 0.6 is 34.5 Å². The van der Waals surface area contributed by atoms with E-state index in [4.69, 9.17) is 23.2 Å². The van der Waals surface area contributed by atoms with Crippen LogP contribution in [0.25, 0.3) is 11.3 Å². The molecule has 3 nitrogen and oxygen atoms in total. The second-order valence-corrected chi connectivity index (χ2v) is 6.30. The molecule has 0 fully saturated rings. The molecule has 2 aromatic carbocycles. The molecule has 7 heteroatoms. The summed E-state index contributed by atoms with van der Waals surface area (Å²) in [4.78, 5) is 16.4. The second kappa shape index (κ2) is 6.66. The molecule has 0 bridgehead atoms. The van der Waals surface area contributed by atoms with Crippen molar-refractivity contribution in [1.29, 1.82) is 0 Å². The lowest BCUT2D eigenvalue weighted by Crippen LogP contribution is -2.13. The van der Waals surface area contributed by atoms with Crippen LogP contribution in [0.5, 0.6) is 0 Å². The Morgan fingerprint density at radius 2 is 1.96 bits per heavy atom. The fourth-order valence-electron chi connectivity index (χ4n) is 1.96. The number of nitrogens with zero attached hydrogens (tertiary/aromatic N) is 1. The molecule has 0 radical (unpaired) electrons. The summed E-state index contributed by atoms with van der Waals surface area (Å²) in [5.41, 5.74) is 1.22. The van der Waals surface area contributed by atoms with Gasteiger partial charge in [0.1, 0.15) is 5.82 Å². The minimum Gasteiger partial charge on any atom is -0.298 e. The average molecular weight is 367 g/mol. The van der Waals surface area contributed by atoms with E-state index >= 15 is 0 Å². The van der Waals surface area contributed by atoms with Crippen molar-refractivity contribution in [3.63, 3.8) is 0 Å². The number of hydrogen-bond donors (Lipinski definition) is 1. The zero-order valence-electron chi connectivity index (χ0n) is 11.5. The van der Waals surface area contributed by atoms with Crippen molar-refractivity contribution in [3.05, 3.63) is 69.3 Å². The van der Waals surface area contributed by atoms with Crippen LogP contribution < -0.4 is 5.32 Å². The highest BCUT2D eigenvalue weighted by molar-refractivity contribution is 7.14. The molecule has 0 spiro atoms. The lowest BCUT2D eigenvalue weighted by Gasteiger charge is -2.03. The third kappa shape index (κ3) is 3.52. The molecule has 23 heavy (non-hydrogen) atoms. The number of aromatic nitrogens is 1. The van der Waals surface area contributed by atoms with Crippen LogP contribution in [0, 0.1) is 5.82 Å². The minimum atomic E-state index is -0.584. The maximum atomic E-state index is 13.6.